The van der Waals surface area contributed by atoms with E-state index in [0.717, 1.165) is 68.5 Å². The minimum Gasteiger partial charge on any atom is -0.310 e. The number of aromatic nitrogens is 5. The Hall–Kier alpha value is -9.71. The lowest BCUT2D eigenvalue weighted by molar-refractivity contribution is 0.660. The average molecular weight is 986 g/mol. The summed E-state index contributed by atoms with van der Waals surface area (Å²) in [6, 6.07) is 85.5. The molecule has 10 aromatic carbocycles. The number of aryl methyl sites for hydroxylation is 1. The zero-order chi connectivity index (χ0) is 51.2. The van der Waals surface area contributed by atoms with Gasteiger partial charge in [-0.2, -0.15) is 0 Å². The first kappa shape index (κ1) is 44.7. The summed E-state index contributed by atoms with van der Waals surface area (Å²) in [5.41, 5.74) is 23.0. The van der Waals surface area contributed by atoms with Crippen LogP contribution in [0.1, 0.15) is 42.7 Å². The van der Waals surface area contributed by atoms with Crippen LogP contribution in [0.2, 0.25) is 0 Å². The Bertz CT molecular complexity index is 4500. The van der Waals surface area contributed by atoms with E-state index < -0.39 is 0 Å². The Labute approximate surface area is 447 Å². The summed E-state index contributed by atoms with van der Waals surface area (Å²) in [5, 5.41) is 3.69. The fourth-order valence-corrected chi connectivity index (χ4v) is 12.6. The van der Waals surface area contributed by atoms with Gasteiger partial charge in [-0.05, 0) is 129 Å². The number of allylic oxidation sites excluding steroid dienone is 1. The topological polar surface area (TPSA) is 48.5 Å². The van der Waals surface area contributed by atoms with Gasteiger partial charge in [0.15, 0.2) is 17.5 Å². The van der Waals surface area contributed by atoms with E-state index in [1.54, 1.807) is 0 Å². The summed E-state index contributed by atoms with van der Waals surface area (Å²) >= 11 is 0. The third-order valence-corrected chi connectivity index (χ3v) is 16.3. The van der Waals surface area contributed by atoms with Crippen molar-refractivity contribution in [1.82, 2.24) is 24.1 Å². The first-order chi connectivity index (χ1) is 38.0. The first-order valence-corrected chi connectivity index (χ1v) is 26.7. The molecule has 3 heterocycles. The molecule has 364 valence electrons. The Balaban J connectivity index is 0.966. The summed E-state index contributed by atoms with van der Waals surface area (Å²) in [6.07, 6.45) is 6.64. The second-order valence-corrected chi connectivity index (χ2v) is 21.0. The number of nitrogens with zero attached hydrogens (tertiary/aromatic N) is 5. The van der Waals surface area contributed by atoms with Crippen LogP contribution in [0.5, 0.6) is 0 Å². The highest BCUT2D eigenvalue weighted by Crippen LogP contribution is 2.50. The van der Waals surface area contributed by atoms with E-state index >= 15 is 0 Å². The van der Waals surface area contributed by atoms with E-state index in [9.17, 15) is 0 Å². The number of benzene rings is 10. The average Bonchev–Trinajstić information content (AvgIpc) is 4.20. The fourth-order valence-electron chi connectivity index (χ4n) is 12.6. The maximum absolute atomic E-state index is 5.51. The van der Waals surface area contributed by atoms with Gasteiger partial charge in [0, 0.05) is 49.6 Å². The van der Waals surface area contributed by atoms with Crippen LogP contribution in [0.25, 0.3) is 129 Å². The lowest BCUT2D eigenvalue weighted by Gasteiger charge is -2.22. The fraction of sp³-hybridized carbons (Fsp3) is 0.0694. The number of para-hydroxylation sites is 2. The molecule has 2 aliphatic rings. The van der Waals surface area contributed by atoms with Gasteiger partial charge in [-0.3, -0.25) is 0 Å². The second-order valence-electron chi connectivity index (χ2n) is 21.0. The molecule has 0 saturated heterocycles. The molecule has 0 amide bonds. The summed E-state index contributed by atoms with van der Waals surface area (Å²) in [6.45, 7) is 4.64. The number of hydrogen-bond donors (Lipinski definition) is 0. The van der Waals surface area contributed by atoms with Crippen molar-refractivity contribution < 1.29 is 0 Å². The van der Waals surface area contributed by atoms with Crippen molar-refractivity contribution in [3.05, 3.63) is 265 Å². The zero-order valence-corrected chi connectivity index (χ0v) is 42.8. The van der Waals surface area contributed by atoms with Gasteiger partial charge < -0.3 is 9.13 Å². The monoisotopic (exact) mass is 985 g/mol. The minimum absolute atomic E-state index is 0.192. The predicted octanol–water partition coefficient (Wildman–Crippen LogP) is 18.2. The molecule has 13 aromatic rings. The molecular weight excluding hydrogens is 935 g/mol. The summed E-state index contributed by atoms with van der Waals surface area (Å²) in [5.74, 6) is 1.85. The van der Waals surface area contributed by atoms with Gasteiger partial charge >= 0.3 is 0 Å². The van der Waals surface area contributed by atoms with Crippen molar-refractivity contribution in [2.75, 3.05) is 0 Å². The van der Waals surface area contributed by atoms with Crippen LogP contribution in [-0.2, 0) is 11.8 Å². The molecule has 0 atom stereocenters. The van der Waals surface area contributed by atoms with Crippen LogP contribution in [-0.4, -0.2) is 24.1 Å². The molecule has 3 aromatic heterocycles. The molecule has 0 fully saturated rings. The van der Waals surface area contributed by atoms with Crippen LogP contribution >= 0.6 is 0 Å². The molecule has 0 bridgehead atoms. The van der Waals surface area contributed by atoms with E-state index in [1.807, 2.05) is 0 Å². The normalized spacial score (nSPS) is 13.3. The molecule has 0 N–H and O–H groups in total. The van der Waals surface area contributed by atoms with Crippen LogP contribution in [0.3, 0.4) is 0 Å². The molecule has 77 heavy (non-hydrogen) atoms. The molecule has 2 aliphatic carbocycles. The Morgan fingerprint density at radius 3 is 1.68 bits per heavy atom. The number of hydrogen-bond acceptors (Lipinski definition) is 3. The van der Waals surface area contributed by atoms with Gasteiger partial charge in [0.25, 0.3) is 0 Å². The maximum atomic E-state index is 5.51. The van der Waals surface area contributed by atoms with E-state index in [4.69, 9.17) is 15.0 Å². The van der Waals surface area contributed by atoms with Crippen molar-refractivity contribution in [1.29, 1.82) is 0 Å². The van der Waals surface area contributed by atoms with E-state index in [2.05, 4.69) is 272 Å². The van der Waals surface area contributed by atoms with E-state index in [1.165, 1.54) is 72.0 Å². The molecule has 0 radical (unpaired) electrons. The molecule has 5 nitrogen and oxygen atoms in total. The highest BCUT2D eigenvalue weighted by molar-refractivity contribution is 6.19. The Morgan fingerprint density at radius 1 is 0.377 bits per heavy atom. The smallest absolute Gasteiger partial charge is 0.166 e. The van der Waals surface area contributed by atoms with Crippen molar-refractivity contribution in [2.24, 2.45) is 0 Å². The van der Waals surface area contributed by atoms with Crippen molar-refractivity contribution >= 4 is 38.8 Å². The summed E-state index contributed by atoms with van der Waals surface area (Å²) in [7, 11) is 0. The van der Waals surface area contributed by atoms with Crippen molar-refractivity contribution in [3.63, 3.8) is 0 Å². The van der Waals surface area contributed by atoms with E-state index in [-0.39, 0.29) is 5.41 Å². The Kier molecular flexibility index (Phi) is 10.3. The standard InChI is InChI=1S/C72H51N5/c1-72(2)60-31-15-12-26-53(60)54-42-41-51(44-61(54)72)70-73-69(49-38-36-48(37-39-49)46-20-6-3-7-21-46)74-71(75-70)59-28-14-17-33-63(59)77-65-35-19-30-56(68(65)58-43-40-50(45-66(58)77)47-22-8-4-9-23-47)55-29-18-34-64-67(55)57-27-13-16-32-62(57)76(64)52-24-10-5-11-25-52/h3-12,14-26,28-45H,13,27H2,1-2H3. The molecular formula is C72H51N5. The highest BCUT2D eigenvalue weighted by atomic mass is 15.1. The van der Waals surface area contributed by atoms with Crippen LogP contribution in [0, 0.1) is 0 Å². The van der Waals surface area contributed by atoms with Crippen LogP contribution in [0.4, 0.5) is 0 Å². The SMILES string of the molecule is CC1(C)c2ccccc2-c2ccc(-c3nc(-c4ccc(-c5ccccc5)cc4)nc(-c4ccccc4-n4c5cc(-c6ccccc6)ccc5c5c(-c6cccc7c6c6c(n7-c7ccccc7)C=CCC6)cccc54)n3)cc21. The lowest BCUT2D eigenvalue weighted by atomic mass is 9.82. The number of rotatable bonds is 8. The maximum Gasteiger partial charge on any atom is 0.166 e. The first-order valence-electron chi connectivity index (χ1n) is 26.7. The van der Waals surface area contributed by atoms with Gasteiger partial charge in [-0.25, -0.2) is 15.0 Å². The molecule has 0 saturated carbocycles. The summed E-state index contributed by atoms with van der Waals surface area (Å²) in [4.78, 5) is 16.3. The van der Waals surface area contributed by atoms with Gasteiger partial charge in [-0.15, -0.1) is 0 Å². The van der Waals surface area contributed by atoms with Crippen molar-refractivity contribution in [3.8, 4) is 90.0 Å². The van der Waals surface area contributed by atoms with Gasteiger partial charge in [0.2, 0.25) is 0 Å². The third-order valence-electron chi connectivity index (χ3n) is 16.3. The zero-order valence-electron chi connectivity index (χ0n) is 42.8. The molecule has 0 aliphatic heterocycles. The Morgan fingerprint density at radius 2 is 0.922 bits per heavy atom. The molecule has 5 heteroatoms. The van der Waals surface area contributed by atoms with Crippen molar-refractivity contribution in [2.45, 2.75) is 32.1 Å². The molecule has 0 unspecified atom stereocenters. The minimum atomic E-state index is -0.192. The highest BCUT2D eigenvalue weighted by Gasteiger charge is 2.36. The van der Waals surface area contributed by atoms with E-state index in [0.29, 0.717) is 17.5 Å². The van der Waals surface area contributed by atoms with Gasteiger partial charge in [-0.1, -0.05) is 208 Å². The number of fused-ring (bicyclic) bond motifs is 9. The van der Waals surface area contributed by atoms with Crippen LogP contribution in [0.15, 0.2) is 243 Å². The largest absolute Gasteiger partial charge is 0.310 e. The third kappa shape index (κ3) is 7.18. The molecule has 0 spiro atoms. The van der Waals surface area contributed by atoms with Crippen LogP contribution < -0.4 is 0 Å². The quantitative estimate of drug-likeness (QED) is 0.152. The van der Waals surface area contributed by atoms with Gasteiger partial charge in [0.1, 0.15) is 0 Å². The second kappa shape index (κ2) is 17.7. The lowest BCUT2D eigenvalue weighted by Crippen LogP contribution is -2.15. The molecule has 15 rings (SSSR count). The van der Waals surface area contributed by atoms with Gasteiger partial charge in [0.05, 0.1) is 22.2 Å². The summed E-state index contributed by atoms with van der Waals surface area (Å²) < 4.78 is 4.91. The predicted molar refractivity (Wildman–Crippen MR) is 319 cm³/mol.